The minimum absolute atomic E-state index is 0.189. The standard InChI is InChI=1S/C17H21BrN2O/c1-11-5-7-20(8-6-11)10-15-12(2)19-16-4-3-13(18)9-14(16)17(15)21/h3-4,9,11H,5-8,10H2,1-2H3,(H,19,21)/p+1. The van der Waals surface area contributed by atoms with E-state index >= 15 is 0 Å². The number of piperidine rings is 1. The largest absolute Gasteiger partial charge is 0.358 e. The molecule has 0 atom stereocenters. The molecule has 0 radical (unpaired) electrons. The second kappa shape index (κ2) is 5.93. The van der Waals surface area contributed by atoms with Crippen LogP contribution in [-0.4, -0.2) is 18.1 Å². The number of likely N-dealkylation sites (tertiary alicyclic amines) is 1. The molecule has 2 N–H and O–H groups in total. The van der Waals surface area contributed by atoms with Crippen molar-refractivity contribution < 1.29 is 4.90 Å². The fourth-order valence-electron chi connectivity index (χ4n) is 3.23. The number of fused-ring (bicyclic) bond motifs is 1. The lowest BCUT2D eigenvalue weighted by molar-refractivity contribution is -0.919. The molecular weight excluding hydrogens is 328 g/mol. The van der Waals surface area contributed by atoms with Crippen molar-refractivity contribution in [1.29, 1.82) is 0 Å². The molecule has 21 heavy (non-hydrogen) atoms. The molecule has 1 aromatic heterocycles. The zero-order valence-electron chi connectivity index (χ0n) is 12.6. The van der Waals surface area contributed by atoms with Gasteiger partial charge in [-0.15, -0.1) is 0 Å². The highest BCUT2D eigenvalue weighted by atomic mass is 79.9. The average molecular weight is 350 g/mol. The number of nitrogens with one attached hydrogen (secondary N) is 2. The van der Waals surface area contributed by atoms with Gasteiger partial charge in [0.05, 0.1) is 18.7 Å². The minimum Gasteiger partial charge on any atom is -0.358 e. The molecule has 3 rings (SSSR count). The lowest BCUT2D eigenvalue weighted by Crippen LogP contribution is -3.12. The van der Waals surface area contributed by atoms with E-state index in [4.69, 9.17) is 0 Å². The molecule has 0 unspecified atom stereocenters. The Balaban J connectivity index is 1.96. The van der Waals surface area contributed by atoms with Gasteiger partial charge in [0.2, 0.25) is 0 Å². The van der Waals surface area contributed by atoms with Gasteiger partial charge in [-0.1, -0.05) is 22.9 Å². The lowest BCUT2D eigenvalue weighted by Gasteiger charge is -2.27. The van der Waals surface area contributed by atoms with Crippen molar-refractivity contribution in [2.24, 2.45) is 5.92 Å². The number of quaternary nitrogens is 1. The highest BCUT2D eigenvalue weighted by Gasteiger charge is 2.21. The summed E-state index contributed by atoms with van der Waals surface area (Å²) >= 11 is 3.46. The highest BCUT2D eigenvalue weighted by molar-refractivity contribution is 9.10. The van der Waals surface area contributed by atoms with E-state index in [0.29, 0.717) is 0 Å². The van der Waals surface area contributed by atoms with Gasteiger partial charge < -0.3 is 9.88 Å². The van der Waals surface area contributed by atoms with Crippen molar-refractivity contribution in [2.75, 3.05) is 13.1 Å². The van der Waals surface area contributed by atoms with Crippen molar-refractivity contribution in [3.05, 3.63) is 44.2 Å². The predicted octanol–water partition coefficient (Wildman–Crippen LogP) is 2.41. The summed E-state index contributed by atoms with van der Waals surface area (Å²) < 4.78 is 0.953. The smallest absolute Gasteiger partial charge is 0.198 e. The Bertz CT molecular complexity index is 715. The number of aryl methyl sites for hydroxylation is 1. The Labute approximate surface area is 133 Å². The van der Waals surface area contributed by atoms with E-state index in [1.807, 2.05) is 25.1 Å². The summed E-state index contributed by atoms with van der Waals surface area (Å²) in [6, 6.07) is 5.85. The summed E-state index contributed by atoms with van der Waals surface area (Å²) in [6.45, 7) is 7.54. The third-order valence-corrected chi connectivity index (χ3v) is 5.18. The molecule has 3 nitrogen and oxygen atoms in total. The van der Waals surface area contributed by atoms with Crippen LogP contribution in [-0.2, 0) is 6.54 Å². The molecule has 2 heterocycles. The molecule has 0 saturated carbocycles. The van der Waals surface area contributed by atoms with Crippen LogP contribution in [0.15, 0.2) is 27.5 Å². The van der Waals surface area contributed by atoms with Crippen LogP contribution < -0.4 is 10.3 Å². The van der Waals surface area contributed by atoms with Crippen LogP contribution in [0.5, 0.6) is 0 Å². The molecule has 0 spiro atoms. The van der Waals surface area contributed by atoms with Crippen LogP contribution >= 0.6 is 15.9 Å². The third kappa shape index (κ3) is 3.06. The average Bonchev–Trinajstić information content (AvgIpc) is 2.46. The van der Waals surface area contributed by atoms with Gasteiger partial charge in [-0.25, -0.2) is 0 Å². The second-order valence-electron chi connectivity index (χ2n) is 6.36. The topological polar surface area (TPSA) is 37.3 Å². The van der Waals surface area contributed by atoms with Gasteiger partial charge in [0.15, 0.2) is 5.43 Å². The van der Waals surface area contributed by atoms with E-state index in [1.54, 1.807) is 0 Å². The van der Waals surface area contributed by atoms with Gasteiger partial charge in [-0.05, 0) is 43.9 Å². The summed E-state index contributed by atoms with van der Waals surface area (Å²) in [4.78, 5) is 17.7. The number of aromatic amines is 1. The number of H-pyrrole nitrogens is 1. The molecule has 112 valence electrons. The van der Waals surface area contributed by atoms with Gasteiger partial charge in [-0.2, -0.15) is 0 Å². The van der Waals surface area contributed by atoms with E-state index in [0.717, 1.165) is 39.1 Å². The number of aromatic nitrogens is 1. The van der Waals surface area contributed by atoms with Gasteiger partial charge >= 0.3 is 0 Å². The molecule has 1 aromatic carbocycles. The highest BCUT2D eigenvalue weighted by Crippen LogP contribution is 2.17. The van der Waals surface area contributed by atoms with E-state index in [-0.39, 0.29) is 5.43 Å². The first-order valence-corrected chi connectivity index (χ1v) is 8.48. The molecular formula is C17H22BrN2O+. The Kier molecular flexibility index (Phi) is 4.18. The Hall–Kier alpha value is -1.13. The molecule has 1 fully saturated rings. The van der Waals surface area contributed by atoms with E-state index in [1.165, 1.54) is 30.8 Å². The predicted molar refractivity (Wildman–Crippen MR) is 89.8 cm³/mol. The Morgan fingerprint density at radius 3 is 2.76 bits per heavy atom. The number of hydrogen-bond donors (Lipinski definition) is 2. The van der Waals surface area contributed by atoms with E-state index < -0.39 is 0 Å². The normalized spacial score (nSPS) is 22.6. The zero-order valence-corrected chi connectivity index (χ0v) is 14.2. The summed E-state index contributed by atoms with van der Waals surface area (Å²) in [5, 5.41) is 0.787. The first-order chi connectivity index (χ1) is 10.0. The molecule has 0 amide bonds. The number of hydrogen-bond acceptors (Lipinski definition) is 1. The minimum atomic E-state index is 0.189. The molecule has 1 aliphatic heterocycles. The molecule has 2 aromatic rings. The zero-order chi connectivity index (χ0) is 15.0. The Morgan fingerprint density at radius 1 is 1.33 bits per heavy atom. The van der Waals surface area contributed by atoms with Gasteiger partial charge in [0.25, 0.3) is 0 Å². The molecule has 1 saturated heterocycles. The van der Waals surface area contributed by atoms with E-state index in [9.17, 15) is 4.79 Å². The van der Waals surface area contributed by atoms with Crippen LogP contribution in [0.25, 0.3) is 10.9 Å². The monoisotopic (exact) mass is 349 g/mol. The van der Waals surface area contributed by atoms with Gasteiger partial charge in [0, 0.05) is 21.1 Å². The molecule has 0 aliphatic carbocycles. The third-order valence-electron chi connectivity index (χ3n) is 4.68. The van der Waals surface area contributed by atoms with Crippen LogP contribution in [0.3, 0.4) is 0 Å². The van der Waals surface area contributed by atoms with Crippen LogP contribution in [0.4, 0.5) is 0 Å². The number of pyridine rings is 1. The quantitative estimate of drug-likeness (QED) is 0.858. The number of rotatable bonds is 2. The van der Waals surface area contributed by atoms with Crippen molar-refractivity contribution in [3.8, 4) is 0 Å². The van der Waals surface area contributed by atoms with E-state index in [2.05, 4.69) is 27.8 Å². The first kappa shape index (κ1) is 14.8. The van der Waals surface area contributed by atoms with Crippen LogP contribution in [0, 0.1) is 12.8 Å². The van der Waals surface area contributed by atoms with Gasteiger partial charge in [-0.3, -0.25) is 4.79 Å². The Morgan fingerprint density at radius 2 is 2.05 bits per heavy atom. The summed E-state index contributed by atoms with van der Waals surface area (Å²) in [5.74, 6) is 0.834. The van der Waals surface area contributed by atoms with Crippen molar-refractivity contribution in [1.82, 2.24) is 4.98 Å². The fraction of sp³-hybridized carbons (Fsp3) is 0.471. The second-order valence-corrected chi connectivity index (χ2v) is 7.27. The first-order valence-electron chi connectivity index (χ1n) is 7.69. The summed E-state index contributed by atoms with van der Waals surface area (Å²) in [6.07, 6.45) is 2.54. The SMILES string of the molecule is Cc1[nH]c2ccc(Br)cc2c(=O)c1C[NH+]1CCC(C)CC1. The summed E-state index contributed by atoms with van der Waals surface area (Å²) in [5.41, 5.74) is 3.08. The molecule has 1 aliphatic rings. The number of halogens is 1. The van der Waals surface area contributed by atoms with Crippen LogP contribution in [0.2, 0.25) is 0 Å². The summed E-state index contributed by atoms with van der Waals surface area (Å²) in [7, 11) is 0. The van der Waals surface area contributed by atoms with Crippen LogP contribution in [0.1, 0.15) is 31.0 Å². The molecule has 0 bridgehead atoms. The fourth-order valence-corrected chi connectivity index (χ4v) is 3.59. The van der Waals surface area contributed by atoms with Crippen molar-refractivity contribution in [3.63, 3.8) is 0 Å². The van der Waals surface area contributed by atoms with Gasteiger partial charge in [0.1, 0.15) is 6.54 Å². The maximum Gasteiger partial charge on any atom is 0.198 e. The number of benzene rings is 1. The maximum atomic E-state index is 12.8. The maximum absolute atomic E-state index is 12.8. The molecule has 4 heteroatoms. The lowest BCUT2D eigenvalue weighted by atomic mass is 9.98. The van der Waals surface area contributed by atoms with Crippen molar-refractivity contribution in [2.45, 2.75) is 33.2 Å². The van der Waals surface area contributed by atoms with Crippen molar-refractivity contribution >= 4 is 26.8 Å².